The van der Waals surface area contributed by atoms with Crippen molar-refractivity contribution >= 4 is 28.9 Å². The van der Waals surface area contributed by atoms with E-state index in [0.29, 0.717) is 12.3 Å². The highest BCUT2D eigenvalue weighted by molar-refractivity contribution is 6.74. The second kappa shape index (κ2) is 18.3. The summed E-state index contributed by atoms with van der Waals surface area (Å²) in [7, 11) is -3.51. The van der Waals surface area contributed by atoms with Crippen LogP contribution in [-0.2, 0) is 23.2 Å². The molecule has 214 valence electrons. The molecule has 1 saturated heterocycles. The molecule has 1 heterocycles. The molecule has 7 heteroatoms. The van der Waals surface area contributed by atoms with Gasteiger partial charge in [0.1, 0.15) is 12.4 Å². The van der Waals surface area contributed by atoms with Gasteiger partial charge >= 0.3 is 5.97 Å². The smallest absolute Gasteiger partial charge is 0.306 e. The molecule has 0 aromatic carbocycles. The maximum Gasteiger partial charge on any atom is 0.306 e. The van der Waals surface area contributed by atoms with E-state index in [-0.39, 0.29) is 24.3 Å². The van der Waals surface area contributed by atoms with Crippen molar-refractivity contribution in [1.29, 1.82) is 0 Å². The van der Waals surface area contributed by atoms with E-state index in [4.69, 9.17) is 13.6 Å². The van der Waals surface area contributed by atoms with Crippen LogP contribution in [0.15, 0.2) is 24.3 Å². The Morgan fingerprint density at radius 1 is 0.919 bits per heavy atom. The van der Waals surface area contributed by atoms with Crippen LogP contribution in [0.2, 0.25) is 36.3 Å². The molecule has 37 heavy (non-hydrogen) atoms. The molecular weight excluding hydrogens is 496 g/mol. The Hall–Kier alpha value is -1.03. The summed E-state index contributed by atoms with van der Waals surface area (Å²) in [5.74, 6) is 0.367. The predicted molar refractivity (Wildman–Crippen MR) is 160 cm³/mol. The quantitative estimate of drug-likeness (QED) is 0.0499. The Kier molecular flexibility index (Phi) is 16.8. The zero-order valence-corrected chi connectivity index (χ0v) is 26.9. The number of esters is 1. The van der Waals surface area contributed by atoms with E-state index < -0.39 is 16.6 Å². The van der Waals surface area contributed by atoms with E-state index in [1.165, 1.54) is 0 Å². The van der Waals surface area contributed by atoms with Crippen LogP contribution in [0.25, 0.3) is 0 Å². The molecule has 5 nitrogen and oxygen atoms in total. The lowest BCUT2D eigenvalue weighted by atomic mass is 9.94. The standard InChI is InChI=1S/C30H56O5Si2/c1-8-36(9-2,10-3)34-27(18-14-15-23-31)19-16-20-28(35-37(11-4,12-5)13-6)21-17-22-29-24-26(7)25-30(32)33-29/h14-16,19,23,26-29H,8-13,17-18,20-22,24-25H2,1-7H3/b15-14+,19-16+/t26-,27-,28-,29-/m0/s1. The monoisotopic (exact) mass is 552 g/mol. The zero-order chi connectivity index (χ0) is 27.7. The molecule has 0 aliphatic carbocycles. The highest BCUT2D eigenvalue weighted by atomic mass is 28.4. The first kappa shape index (κ1) is 34.0. The van der Waals surface area contributed by atoms with Crippen molar-refractivity contribution in [3.8, 4) is 0 Å². The second-order valence-electron chi connectivity index (χ2n) is 10.9. The van der Waals surface area contributed by atoms with E-state index in [0.717, 1.165) is 81.1 Å². The van der Waals surface area contributed by atoms with Crippen molar-refractivity contribution in [3.05, 3.63) is 24.3 Å². The zero-order valence-electron chi connectivity index (χ0n) is 24.9. The minimum atomic E-state index is -1.76. The van der Waals surface area contributed by atoms with Gasteiger partial charge in [0, 0.05) is 12.5 Å². The summed E-state index contributed by atoms with van der Waals surface area (Å²) in [5, 5.41) is 0. The van der Waals surface area contributed by atoms with Crippen LogP contribution in [-0.4, -0.2) is 47.2 Å². The van der Waals surface area contributed by atoms with Crippen LogP contribution in [0.3, 0.4) is 0 Å². The average molecular weight is 553 g/mol. The molecule has 1 aliphatic rings. The van der Waals surface area contributed by atoms with E-state index in [2.05, 4.69) is 60.6 Å². The van der Waals surface area contributed by atoms with Crippen LogP contribution in [0.4, 0.5) is 0 Å². The number of carbonyl (C=O) groups excluding carboxylic acids is 2. The summed E-state index contributed by atoms with van der Waals surface area (Å²) in [6, 6.07) is 6.73. The molecule has 0 N–H and O–H groups in total. The van der Waals surface area contributed by atoms with Gasteiger partial charge in [0.25, 0.3) is 0 Å². The lowest BCUT2D eigenvalue weighted by Crippen LogP contribution is -2.40. The van der Waals surface area contributed by atoms with Gasteiger partial charge in [0.15, 0.2) is 16.6 Å². The minimum absolute atomic E-state index is 0.00275. The van der Waals surface area contributed by atoms with Gasteiger partial charge in [-0.25, -0.2) is 0 Å². The van der Waals surface area contributed by atoms with Crippen molar-refractivity contribution in [1.82, 2.24) is 0 Å². The molecule has 1 fully saturated rings. The molecule has 0 aromatic rings. The van der Waals surface area contributed by atoms with Crippen molar-refractivity contribution < 1.29 is 23.2 Å². The van der Waals surface area contributed by atoms with Gasteiger partial charge in [0.05, 0.1) is 6.10 Å². The first-order valence-corrected chi connectivity index (χ1v) is 20.1. The number of cyclic esters (lactones) is 1. The van der Waals surface area contributed by atoms with Crippen LogP contribution >= 0.6 is 0 Å². The summed E-state index contributed by atoms with van der Waals surface area (Å²) in [4.78, 5) is 22.7. The van der Waals surface area contributed by atoms with E-state index in [1.807, 2.05) is 6.08 Å². The maximum absolute atomic E-state index is 11.9. The van der Waals surface area contributed by atoms with Gasteiger partial charge in [-0.05, 0) is 86.8 Å². The minimum Gasteiger partial charge on any atom is -0.462 e. The first-order valence-electron chi connectivity index (χ1n) is 15.1. The Labute approximate surface area is 230 Å². The molecule has 1 rings (SSSR count). The van der Waals surface area contributed by atoms with E-state index in [9.17, 15) is 9.59 Å². The van der Waals surface area contributed by atoms with Crippen molar-refractivity contribution in [3.63, 3.8) is 0 Å². The number of allylic oxidation sites excluding steroid dienone is 1. The fourth-order valence-electron chi connectivity index (χ4n) is 5.56. The SMILES string of the molecule is CC[Si](CC)(CC)O[C@@H](C/C=C/[C@H](C/C=C/C=O)O[Si](CC)(CC)CC)CCC[C@H]1C[C@H](C)CC(=O)O1. The van der Waals surface area contributed by atoms with Crippen molar-refractivity contribution in [2.75, 3.05) is 0 Å². The molecule has 1 aliphatic heterocycles. The Bertz CT molecular complexity index is 684. The normalized spacial score (nSPS) is 20.9. The lowest BCUT2D eigenvalue weighted by Gasteiger charge is -2.34. The van der Waals surface area contributed by atoms with Crippen LogP contribution in [0.1, 0.15) is 93.4 Å². The number of aldehydes is 1. The Morgan fingerprint density at radius 3 is 2.05 bits per heavy atom. The van der Waals surface area contributed by atoms with Crippen molar-refractivity contribution in [2.24, 2.45) is 5.92 Å². The number of carbonyl (C=O) groups is 2. The van der Waals surface area contributed by atoms with E-state index >= 15 is 0 Å². The van der Waals surface area contributed by atoms with Crippen LogP contribution in [0.5, 0.6) is 0 Å². The maximum atomic E-state index is 11.9. The third-order valence-electron chi connectivity index (χ3n) is 8.55. The van der Waals surface area contributed by atoms with Crippen LogP contribution < -0.4 is 0 Å². The van der Waals surface area contributed by atoms with E-state index in [1.54, 1.807) is 6.08 Å². The predicted octanol–water partition coefficient (Wildman–Crippen LogP) is 8.37. The first-order chi connectivity index (χ1) is 17.7. The molecule has 0 aromatic heterocycles. The number of ether oxygens (including phenoxy) is 1. The van der Waals surface area contributed by atoms with Crippen LogP contribution in [0, 0.1) is 5.92 Å². The van der Waals surface area contributed by atoms with Crippen molar-refractivity contribution in [2.45, 2.75) is 148 Å². The summed E-state index contributed by atoms with van der Waals surface area (Å²) < 4.78 is 19.3. The van der Waals surface area contributed by atoms with Gasteiger partial charge in [0.2, 0.25) is 0 Å². The fraction of sp³-hybridized carbons (Fsp3) is 0.800. The number of hydrogen-bond donors (Lipinski definition) is 0. The lowest BCUT2D eigenvalue weighted by molar-refractivity contribution is -0.156. The summed E-state index contributed by atoms with van der Waals surface area (Å²) >= 11 is 0. The molecule has 0 bridgehead atoms. The van der Waals surface area contributed by atoms with Gasteiger partial charge in [-0.1, -0.05) is 66.7 Å². The Balaban J connectivity index is 2.93. The topological polar surface area (TPSA) is 61.8 Å². The highest BCUT2D eigenvalue weighted by Gasteiger charge is 2.33. The number of hydrogen-bond acceptors (Lipinski definition) is 5. The summed E-state index contributed by atoms with van der Waals surface area (Å²) in [6.45, 7) is 15.7. The Morgan fingerprint density at radius 2 is 1.51 bits per heavy atom. The van der Waals surface area contributed by atoms with Gasteiger partial charge < -0.3 is 13.6 Å². The fourth-order valence-corrected chi connectivity index (χ4v) is 11.3. The molecule has 0 saturated carbocycles. The van der Waals surface area contributed by atoms with Gasteiger partial charge in [-0.2, -0.15) is 0 Å². The third kappa shape index (κ3) is 12.1. The van der Waals surface area contributed by atoms with Gasteiger partial charge in [-0.3, -0.25) is 9.59 Å². The van der Waals surface area contributed by atoms with Gasteiger partial charge in [-0.15, -0.1) is 0 Å². The molecule has 0 radical (unpaired) electrons. The molecular formula is C30H56O5Si2. The summed E-state index contributed by atoms with van der Waals surface area (Å²) in [6.07, 6.45) is 15.0. The largest absolute Gasteiger partial charge is 0.462 e. The summed E-state index contributed by atoms with van der Waals surface area (Å²) in [5.41, 5.74) is 0. The average Bonchev–Trinajstić information content (AvgIpc) is 2.89. The molecule has 0 amide bonds. The highest BCUT2D eigenvalue weighted by Crippen LogP contribution is 2.29. The third-order valence-corrected chi connectivity index (χ3v) is 17.9. The molecule has 0 spiro atoms. The molecule has 0 unspecified atom stereocenters. The second-order valence-corrected chi connectivity index (χ2v) is 20.4. The number of rotatable bonds is 20. The molecule has 4 atom stereocenters.